The summed E-state index contributed by atoms with van der Waals surface area (Å²) >= 11 is 0. The van der Waals surface area contributed by atoms with Crippen LogP contribution in [-0.2, 0) is 24.6 Å². The molecule has 0 aromatic carbocycles. The minimum Gasteiger partial charge on any atom is -0.285 e. The molecule has 1 saturated heterocycles. The minimum absolute atomic E-state index is 0.307. The van der Waals surface area contributed by atoms with Gasteiger partial charge in [0.15, 0.2) is 5.25 Å². The molecule has 84 valence electrons. The Morgan fingerprint density at radius 2 is 2.07 bits per heavy atom. The monoisotopic (exact) mass is 240 g/mol. The highest BCUT2D eigenvalue weighted by Crippen LogP contribution is 2.19. The van der Waals surface area contributed by atoms with Crippen molar-refractivity contribution in [2.75, 3.05) is 0 Å². The highest BCUT2D eigenvalue weighted by atomic mass is 32.2. The molecular weight excluding hydrogens is 236 g/mol. The Hall–Kier alpha value is -1.75. The first-order valence-corrected chi connectivity index (χ1v) is 4.89. The van der Waals surface area contributed by atoms with Crippen LogP contribution < -0.4 is 0 Å². The Balaban J connectivity index is 2.94. The fraction of sp³-hybridized carbons (Fsp3) is 0.500. The van der Waals surface area contributed by atoms with Crippen molar-refractivity contribution in [1.82, 2.24) is 5.06 Å². The van der Waals surface area contributed by atoms with Gasteiger partial charge in [0.1, 0.15) is 0 Å². The lowest BCUT2D eigenvalue weighted by Crippen LogP contribution is -2.36. The maximum Gasteiger partial charge on any atom is 0.317 e. The topological polar surface area (TPSA) is 144 Å². The summed E-state index contributed by atoms with van der Waals surface area (Å²) in [5.74, 6) is -2.70. The molecule has 0 aromatic rings. The zero-order valence-corrected chi connectivity index (χ0v) is 7.71. The van der Waals surface area contributed by atoms with Gasteiger partial charge in [0.25, 0.3) is 21.9 Å². The summed E-state index contributed by atoms with van der Waals surface area (Å²) in [6.07, 6.45) is -0.883. The molecule has 1 fully saturated rings. The van der Waals surface area contributed by atoms with Crippen LogP contribution in [0.2, 0.25) is 0 Å². The normalized spacial score (nSPS) is 21.9. The van der Waals surface area contributed by atoms with Crippen molar-refractivity contribution in [2.24, 2.45) is 0 Å². The quantitative estimate of drug-likeness (QED) is 0.261. The summed E-state index contributed by atoms with van der Waals surface area (Å²) in [6.45, 7) is 0. The summed E-state index contributed by atoms with van der Waals surface area (Å²) in [4.78, 5) is 35.3. The van der Waals surface area contributed by atoms with E-state index in [4.69, 9.17) is 4.55 Å². The molecule has 1 rings (SSSR count). The van der Waals surface area contributed by atoms with E-state index in [1.807, 2.05) is 0 Å². The smallest absolute Gasteiger partial charge is 0.285 e. The molecule has 1 unspecified atom stereocenters. The second-order valence-electron chi connectivity index (χ2n) is 2.54. The van der Waals surface area contributed by atoms with Crippen LogP contribution in [0.25, 0.3) is 0 Å². The summed E-state index contributed by atoms with van der Waals surface area (Å²) in [7, 11) is -4.77. The standard InChI is InChI=1S/C4H4N2O8S/c7-3-1-2(15(11,12)13)4(8)5(3)14-6(9)10/h2H,1H2,(H,11,12,13). The van der Waals surface area contributed by atoms with Crippen molar-refractivity contribution in [1.29, 1.82) is 0 Å². The Morgan fingerprint density at radius 1 is 1.53 bits per heavy atom. The third-order valence-electron chi connectivity index (χ3n) is 1.57. The molecule has 0 aliphatic carbocycles. The molecule has 0 saturated carbocycles. The number of amides is 2. The van der Waals surface area contributed by atoms with E-state index in [0.717, 1.165) is 0 Å². The highest BCUT2D eigenvalue weighted by molar-refractivity contribution is 7.87. The van der Waals surface area contributed by atoms with E-state index in [9.17, 15) is 28.1 Å². The average molecular weight is 240 g/mol. The number of hydrogen-bond donors (Lipinski definition) is 1. The van der Waals surface area contributed by atoms with E-state index in [1.165, 1.54) is 0 Å². The molecule has 11 heteroatoms. The molecule has 1 heterocycles. The van der Waals surface area contributed by atoms with Crippen LogP contribution in [0.15, 0.2) is 0 Å². The molecule has 2 amide bonds. The highest BCUT2D eigenvalue weighted by Gasteiger charge is 2.48. The lowest BCUT2D eigenvalue weighted by molar-refractivity contribution is -0.796. The first-order chi connectivity index (χ1) is 6.73. The third kappa shape index (κ3) is 2.19. The molecule has 1 N–H and O–H groups in total. The molecule has 0 bridgehead atoms. The minimum atomic E-state index is -4.77. The van der Waals surface area contributed by atoms with Gasteiger partial charge in [-0.3, -0.25) is 14.1 Å². The molecule has 0 radical (unpaired) electrons. The number of carbonyl (C=O) groups is 2. The second kappa shape index (κ2) is 3.43. The van der Waals surface area contributed by atoms with Gasteiger partial charge in [0.2, 0.25) is 0 Å². The first kappa shape index (κ1) is 11.3. The van der Waals surface area contributed by atoms with Gasteiger partial charge in [-0.2, -0.15) is 13.4 Å². The van der Waals surface area contributed by atoms with Crippen LogP contribution in [0.5, 0.6) is 0 Å². The van der Waals surface area contributed by atoms with Crippen LogP contribution >= 0.6 is 0 Å². The summed E-state index contributed by atoms with van der Waals surface area (Å²) in [5, 5.41) is 6.04. The molecule has 0 spiro atoms. The summed E-state index contributed by atoms with van der Waals surface area (Å²) in [6, 6.07) is 0. The predicted octanol–water partition coefficient (Wildman–Crippen LogP) is -1.87. The van der Waals surface area contributed by atoms with Crippen molar-refractivity contribution < 1.29 is 32.6 Å². The van der Waals surface area contributed by atoms with Gasteiger partial charge < -0.3 is 0 Å². The number of hydroxylamine groups is 2. The van der Waals surface area contributed by atoms with Crippen molar-refractivity contribution in [2.45, 2.75) is 11.7 Å². The molecule has 10 nitrogen and oxygen atoms in total. The van der Waals surface area contributed by atoms with Gasteiger partial charge >= 0.3 is 5.09 Å². The third-order valence-corrected chi connectivity index (χ3v) is 2.66. The lowest BCUT2D eigenvalue weighted by Gasteiger charge is -2.08. The SMILES string of the molecule is O=C1CC(S(=O)(=O)O)C(=O)N1O[N+](=O)[O-]. The maximum absolute atomic E-state index is 11.0. The van der Waals surface area contributed by atoms with Gasteiger partial charge in [0.05, 0.1) is 6.42 Å². The van der Waals surface area contributed by atoms with Gasteiger partial charge in [-0.25, -0.2) is 0 Å². The van der Waals surface area contributed by atoms with Crippen LogP contribution in [0.3, 0.4) is 0 Å². The van der Waals surface area contributed by atoms with E-state index >= 15 is 0 Å². The van der Waals surface area contributed by atoms with E-state index in [1.54, 1.807) is 0 Å². The average Bonchev–Trinajstić information content (AvgIpc) is 2.30. The Morgan fingerprint density at radius 3 is 2.40 bits per heavy atom. The number of hydrogen-bond acceptors (Lipinski definition) is 7. The number of nitrogens with zero attached hydrogens (tertiary/aromatic N) is 2. The molecule has 0 aromatic heterocycles. The molecule has 1 aliphatic heterocycles. The largest absolute Gasteiger partial charge is 0.317 e. The van der Waals surface area contributed by atoms with Gasteiger partial charge in [0, 0.05) is 0 Å². The Labute approximate surface area is 82.2 Å². The number of imide groups is 1. The predicted molar refractivity (Wildman–Crippen MR) is 39.9 cm³/mol. The second-order valence-corrected chi connectivity index (χ2v) is 4.14. The van der Waals surface area contributed by atoms with E-state index in [2.05, 4.69) is 4.94 Å². The Bertz CT molecular complexity index is 426. The fourth-order valence-electron chi connectivity index (χ4n) is 0.968. The first-order valence-electron chi connectivity index (χ1n) is 3.39. The van der Waals surface area contributed by atoms with Crippen LogP contribution in [0.1, 0.15) is 6.42 Å². The van der Waals surface area contributed by atoms with Crippen LogP contribution in [0, 0.1) is 10.1 Å². The Kier molecular flexibility index (Phi) is 2.59. The van der Waals surface area contributed by atoms with Crippen molar-refractivity contribution in [3.8, 4) is 0 Å². The molecule has 15 heavy (non-hydrogen) atoms. The van der Waals surface area contributed by atoms with Gasteiger partial charge in [-0.15, -0.1) is 15.2 Å². The van der Waals surface area contributed by atoms with E-state index < -0.39 is 38.7 Å². The van der Waals surface area contributed by atoms with Crippen LogP contribution in [0.4, 0.5) is 0 Å². The fourth-order valence-corrected chi connectivity index (χ4v) is 1.67. The molecular formula is C4H4N2O8S. The van der Waals surface area contributed by atoms with E-state index in [0.29, 0.717) is 0 Å². The lowest BCUT2D eigenvalue weighted by atomic mass is 10.4. The van der Waals surface area contributed by atoms with Crippen molar-refractivity contribution >= 4 is 21.9 Å². The molecule has 1 atom stereocenters. The van der Waals surface area contributed by atoms with E-state index in [-0.39, 0.29) is 5.06 Å². The zero-order valence-electron chi connectivity index (χ0n) is 6.89. The number of rotatable bonds is 3. The van der Waals surface area contributed by atoms with Crippen LogP contribution in [-0.4, -0.2) is 40.2 Å². The summed E-state index contributed by atoms with van der Waals surface area (Å²) < 4.78 is 29.6. The number of carbonyl (C=O) groups excluding carboxylic acids is 2. The molecule has 1 aliphatic rings. The van der Waals surface area contributed by atoms with Gasteiger partial charge in [-0.1, -0.05) is 0 Å². The zero-order chi connectivity index (χ0) is 11.8. The van der Waals surface area contributed by atoms with Crippen molar-refractivity contribution in [3.63, 3.8) is 0 Å². The maximum atomic E-state index is 11.0. The summed E-state index contributed by atoms with van der Waals surface area (Å²) in [5.41, 5.74) is 0. The van der Waals surface area contributed by atoms with Crippen molar-refractivity contribution in [3.05, 3.63) is 10.1 Å². The van der Waals surface area contributed by atoms with Gasteiger partial charge in [-0.05, 0) is 0 Å².